The number of aliphatic hydroxyl groups is 1. The van der Waals surface area contributed by atoms with Gasteiger partial charge in [-0.2, -0.15) is 15.2 Å². The minimum Gasteiger partial charge on any atom is -0.497 e. The number of ether oxygens (including phenoxy) is 1. The molecule has 1 saturated carbocycles. The first kappa shape index (κ1) is 40.1. The van der Waals surface area contributed by atoms with Crippen molar-refractivity contribution < 1.29 is 33.4 Å². The molecule has 4 aromatic carbocycles. The largest absolute Gasteiger partial charge is 0.497 e. The van der Waals surface area contributed by atoms with Gasteiger partial charge in [0.15, 0.2) is 0 Å². The molecule has 0 spiro atoms. The fraction of sp³-hybridized carbons (Fsp3) is 0.261. The number of halogens is 2. The smallest absolute Gasteiger partial charge is 0.260 e. The molecule has 9 rings (SSSR count). The number of imide groups is 2. The van der Waals surface area contributed by atoms with E-state index in [1.165, 1.54) is 18.1 Å². The molecule has 1 aromatic heterocycles. The van der Waals surface area contributed by atoms with Crippen LogP contribution in [0.3, 0.4) is 0 Å². The molecule has 4 amide bonds. The molecule has 0 bridgehead atoms. The third-order valence-electron chi connectivity index (χ3n) is 12.5. The van der Waals surface area contributed by atoms with Crippen molar-refractivity contribution in [3.8, 4) is 5.75 Å². The number of fused-ring (bicyclic) bond motifs is 4. The number of nitrogens with zero attached hydrogens (tertiary/aromatic N) is 5. The third kappa shape index (κ3) is 6.59. The second kappa shape index (κ2) is 15.6. The molecule has 5 aromatic rings. The molecule has 310 valence electrons. The van der Waals surface area contributed by atoms with Crippen molar-refractivity contribution in [2.24, 2.45) is 33.9 Å². The maximum atomic E-state index is 15.4. The number of benzene rings is 4. The Morgan fingerprint density at radius 1 is 0.852 bits per heavy atom. The van der Waals surface area contributed by atoms with Crippen molar-refractivity contribution in [1.82, 2.24) is 5.01 Å². The summed E-state index contributed by atoms with van der Waals surface area (Å²) < 4.78 is 11.8. The van der Waals surface area contributed by atoms with Gasteiger partial charge in [-0.15, -0.1) is 0 Å². The van der Waals surface area contributed by atoms with Gasteiger partial charge in [-0.05, 0) is 115 Å². The van der Waals surface area contributed by atoms with Crippen LogP contribution in [0, 0.1) is 23.7 Å². The Labute approximate surface area is 361 Å². The van der Waals surface area contributed by atoms with E-state index in [0.717, 1.165) is 10.7 Å². The molecule has 4 aliphatic rings. The molecule has 0 radical (unpaired) electrons. The minimum absolute atomic E-state index is 0.0713. The van der Waals surface area contributed by atoms with E-state index in [9.17, 15) is 19.5 Å². The predicted octanol–water partition coefficient (Wildman–Crippen LogP) is 8.76. The van der Waals surface area contributed by atoms with E-state index in [1.54, 1.807) is 72.8 Å². The Bertz CT molecular complexity index is 2630. The van der Waals surface area contributed by atoms with E-state index < -0.39 is 59.3 Å². The van der Waals surface area contributed by atoms with E-state index in [-0.39, 0.29) is 35.2 Å². The molecule has 2 aliphatic heterocycles. The van der Waals surface area contributed by atoms with Gasteiger partial charge in [-0.3, -0.25) is 29.5 Å². The third-order valence-corrected chi connectivity index (χ3v) is 13.0. The SMILES string of the molecule is COc1ccc(C23C(=O)N(Nc4ccc(Cl)cc4Cl)C(=O)C2CC2C(=CCC4C(=O)N(c5ccc(N=Nc6ccc(N(C)C)cc6)cc5)C(=O)C42)C3c2ccc(CO)o2)cc1. The molecule has 61 heavy (non-hydrogen) atoms. The van der Waals surface area contributed by atoms with Gasteiger partial charge in [0.05, 0.1) is 58.6 Å². The highest BCUT2D eigenvalue weighted by Gasteiger charge is 2.71. The molecule has 2 saturated heterocycles. The first-order chi connectivity index (χ1) is 29.4. The number of furan rings is 1. The number of carbonyl (C=O) groups excluding carboxylic acids is 4. The monoisotopic (exact) mass is 858 g/mol. The van der Waals surface area contributed by atoms with Crippen LogP contribution in [0.5, 0.6) is 5.75 Å². The number of amides is 4. The van der Waals surface area contributed by atoms with Crippen LogP contribution in [-0.4, -0.2) is 54.9 Å². The average Bonchev–Trinajstić information content (AvgIpc) is 3.91. The topological polar surface area (TPSA) is 157 Å². The number of methoxy groups -OCH3 is 1. The molecule has 2 aliphatic carbocycles. The molecular formula is C46H40Cl2N6O7. The second-order valence-corrected chi connectivity index (χ2v) is 16.7. The van der Waals surface area contributed by atoms with E-state index in [0.29, 0.717) is 44.7 Å². The van der Waals surface area contributed by atoms with Crippen molar-refractivity contribution in [3.63, 3.8) is 0 Å². The van der Waals surface area contributed by atoms with E-state index in [1.807, 2.05) is 49.3 Å². The van der Waals surface area contributed by atoms with Crippen molar-refractivity contribution >= 4 is 75.3 Å². The number of hydrogen-bond acceptors (Lipinski definition) is 11. The lowest BCUT2D eigenvalue weighted by molar-refractivity contribution is -0.138. The molecule has 6 unspecified atom stereocenters. The number of rotatable bonds is 10. The Balaban J connectivity index is 1.10. The van der Waals surface area contributed by atoms with Gasteiger partial charge in [-0.1, -0.05) is 47.0 Å². The standard InChI is InChI=1S/C46H40Cl2N6O7/c1-52(2)29-11-7-27(8-12-29)49-50-28-9-13-30(14-10-28)53-42(56)34-19-18-33-35(40(34)44(53)58)23-36-43(57)54(51-38-20-6-26(47)22-37(38)48)45(59)46(36,25-4-15-31(60-3)16-5-25)41(33)39-21-17-32(24-55)61-39/h4-18,20-22,34-36,40-41,51,55H,19,23-24H2,1-3H3. The summed E-state index contributed by atoms with van der Waals surface area (Å²) in [4.78, 5) is 62.6. The number of allylic oxidation sites excluding steroid dienone is 2. The molecule has 15 heteroatoms. The lowest BCUT2D eigenvalue weighted by Crippen LogP contribution is -2.53. The first-order valence-corrected chi connectivity index (χ1v) is 20.5. The van der Waals surface area contributed by atoms with Gasteiger partial charge in [-0.25, -0.2) is 0 Å². The maximum Gasteiger partial charge on any atom is 0.260 e. The Hall–Kier alpha value is -6.28. The number of hydrogen-bond donors (Lipinski definition) is 2. The van der Waals surface area contributed by atoms with Crippen LogP contribution in [0.2, 0.25) is 10.0 Å². The number of carbonyl (C=O) groups is 4. The van der Waals surface area contributed by atoms with E-state index in [2.05, 4.69) is 15.7 Å². The summed E-state index contributed by atoms with van der Waals surface area (Å²) in [6.45, 7) is -0.402. The summed E-state index contributed by atoms with van der Waals surface area (Å²) in [5, 5.41) is 20.4. The summed E-state index contributed by atoms with van der Waals surface area (Å²) in [7, 11) is 5.45. The van der Waals surface area contributed by atoms with Crippen LogP contribution in [0.25, 0.3) is 0 Å². The highest BCUT2D eigenvalue weighted by Crippen LogP contribution is 2.64. The zero-order valence-corrected chi connectivity index (χ0v) is 34.8. The van der Waals surface area contributed by atoms with Crippen molar-refractivity contribution in [2.45, 2.75) is 30.8 Å². The zero-order chi connectivity index (χ0) is 42.7. The van der Waals surface area contributed by atoms with Gasteiger partial charge >= 0.3 is 0 Å². The fourth-order valence-corrected chi connectivity index (χ4v) is 10.1. The van der Waals surface area contributed by atoms with Gasteiger partial charge < -0.3 is 19.2 Å². The van der Waals surface area contributed by atoms with Gasteiger partial charge in [0.1, 0.15) is 29.3 Å². The summed E-state index contributed by atoms with van der Waals surface area (Å²) in [6.07, 6.45) is 2.22. The minimum atomic E-state index is -1.60. The normalized spacial score (nSPS) is 24.5. The second-order valence-electron chi connectivity index (χ2n) is 15.8. The van der Waals surface area contributed by atoms with Gasteiger partial charge in [0, 0.05) is 24.8 Å². The number of hydrazine groups is 1. The fourth-order valence-electron chi connectivity index (χ4n) is 9.64. The summed E-state index contributed by atoms with van der Waals surface area (Å²) in [5.74, 6) is -4.85. The molecule has 3 fully saturated rings. The van der Waals surface area contributed by atoms with Gasteiger partial charge in [0.2, 0.25) is 11.8 Å². The average molecular weight is 860 g/mol. The zero-order valence-electron chi connectivity index (χ0n) is 33.3. The van der Waals surface area contributed by atoms with E-state index >= 15 is 4.79 Å². The number of azo groups is 1. The number of nitrogens with one attached hydrogen (secondary N) is 1. The lowest BCUT2D eigenvalue weighted by Gasteiger charge is -2.49. The number of aliphatic hydroxyl groups excluding tert-OH is 1. The molecule has 6 atom stereocenters. The first-order valence-electron chi connectivity index (χ1n) is 19.8. The van der Waals surface area contributed by atoms with Crippen LogP contribution < -0.4 is 20.0 Å². The Kier molecular flexibility index (Phi) is 10.3. The van der Waals surface area contributed by atoms with Crippen molar-refractivity contribution in [3.05, 3.63) is 142 Å². The summed E-state index contributed by atoms with van der Waals surface area (Å²) in [6, 6.07) is 29.4. The predicted molar refractivity (Wildman–Crippen MR) is 229 cm³/mol. The van der Waals surface area contributed by atoms with Crippen LogP contribution in [0.1, 0.15) is 35.8 Å². The summed E-state index contributed by atoms with van der Waals surface area (Å²) >= 11 is 12.7. The molecule has 13 nitrogen and oxygen atoms in total. The quantitative estimate of drug-likeness (QED) is 0.0796. The van der Waals surface area contributed by atoms with E-state index in [4.69, 9.17) is 32.4 Å². The van der Waals surface area contributed by atoms with Crippen molar-refractivity contribution in [1.29, 1.82) is 0 Å². The molecular weight excluding hydrogens is 819 g/mol. The summed E-state index contributed by atoms with van der Waals surface area (Å²) in [5.41, 5.74) is 5.52. The highest BCUT2D eigenvalue weighted by atomic mass is 35.5. The van der Waals surface area contributed by atoms with Gasteiger partial charge in [0.25, 0.3) is 11.8 Å². The Morgan fingerprint density at radius 3 is 2.16 bits per heavy atom. The molecule has 3 heterocycles. The van der Waals surface area contributed by atoms with Crippen LogP contribution in [-0.2, 0) is 31.2 Å². The van der Waals surface area contributed by atoms with Crippen LogP contribution in [0.4, 0.5) is 28.4 Å². The lowest BCUT2D eigenvalue weighted by atomic mass is 9.50. The molecule has 2 N–H and O–H groups in total. The van der Waals surface area contributed by atoms with Crippen LogP contribution in [0.15, 0.2) is 129 Å². The maximum absolute atomic E-state index is 15.4. The van der Waals surface area contributed by atoms with Crippen LogP contribution >= 0.6 is 23.2 Å². The number of anilines is 3. The Morgan fingerprint density at radius 2 is 1.54 bits per heavy atom. The van der Waals surface area contributed by atoms with Crippen molar-refractivity contribution in [2.75, 3.05) is 36.4 Å². The highest BCUT2D eigenvalue weighted by molar-refractivity contribution is 6.36.